The highest BCUT2D eigenvalue weighted by atomic mass is 16.4. The molecule has 0 aromatic carbocycles. The van der Waals surface area contributed by atoms with Gasteiger partial charge in [0.25, 0.3) is 0 Å². The van der Waals surface area contributed by atoms with Gasteiger partial charge >= 0.3 is 0 Å². The first-order valence-electron chi connectivity index (χ1n) is 4.98. The van der Waals surface area contributed by atoms with E-state index in [0.717, 1.165) is 12.0 Å². The molecule has 0 radical (unpaired) electrons. The van der Waals surface area contributed by atoms with Crippen molar-refractivity contribution >= 4 is 0 Å². The maximum atomic E-state index is 5.53. The molecule has 78 valence electrons. The molecule has 0 saturated heterocycles. The zero-order valence-corrected chi connectivity index (χ0v) is 8.84. The Morgan fingerprint density at radius 3 is 2.60 bits per heavy atom. The van der Waals surface area contributed by atoms with E-state index in [4.69, 9.17) is 4.42 Å². The van der Waals surface area contributed by atoms with E-state index < -0.39 is 0 Å². The van der Waals surface area contributed by atoms with E-state index in [-0.39, 0.29) is 0 Å². The van der Waals surface area contributed by atoms with Crippen LogP contribution in [0.5, 0.6) is 0 Å². The Balaban J connectivity index is 2.21. The maximum Gasteiger partial charge on any atom is 0.247 e. The maximum absolute atomic E-state index is 5.53. The lowest BCUT2D eigenvalue weighted by Gasteiger charge is -1.97. The zero-order valence-electron chi connectivity index (χ0n) is 8.84. The van der Waals surface area contributed by atoms with Crippen molar-refractivity contribution in [3.05, 3.63) is 30.4 Å². The van der Waals surface area contributed by atoms with Crippen LogP contribution in [0.1, 0.15) is 19.7 Å². The third kappa shape index (κ3) is 2.40. The Labute approximate surface area is 88.4 Å². The zero-order chi connectivity index (χ0) is 10.7. The van der Waals surface area contributed by atoms with Crippen LogP contribution in [0.4, 0.5) is 0 Å². The molecular formula is C11H13N3O. The van der Waals surface area contributed by atoms with Crippen LogP contribution in [0.3, 0.4) is 0 Å². The fourth-order valence-electron chi connectivity index (χ4n) is 1.30. The predicted octanol–water partition coefficient (Wildman–Crippen LogP) is 2.33. The standard InChI is InChI=1S/C11H13N3O/c1-8(2)7-10-13-14-11(15-10)9-3-5-12-6-4-9/h3-6,8H,7H2,1-2H3. The van der Waals surface area contributed by atoms with Gasteiger partial charge in [-0.05, 0) is 18.1 Å². The number of rotatable bonds is 3. The van der Waals surface area contributed by atoms with Crippen LogP contribution >= 0.6 is 0 Å². The van der Waals surface area contributed by atoms with Crippen LogP contribution in [0, 0.1) is 5.92 Å². The van der Waals surface area contributed by atoms with Gasteiger partial charge in [-0.15, -0.1) is 10.2 Å². The van der Waals surface area contributed by atoms with Gasteiger partial charge in [0.2, 0.25) is 11.8 Å². The summed E-state index contributed by atoms with van der Waals surface area (Å²) in [4.78, 5) is 3.94. The quantitative estimate of drug-likeness (QED) is 0.768. The molecule has 0 spiro atoms. The Kier molecular flexibility index (Phi) is 2.76. The molecule has 0 aliphatic rings. The molecule has 0 fully saturated rings. The third-order valence-corrected chi connectivity index (χ3v) is 1.98. The Bertz CT molecular complexity index is 422. The molecule has 0 aliphatic heterocycles. The van der Waals surface area contributed by atoms with Gasteiger partial charge in [0.15, 0.2) is 0 Å². The van der Waals surface area contributed by atoms with Gasteiger partial charge in [0.05, 0.1) is 0 Å². The van der Waals surface area contributed by atoms with E-state index in [1.54, 1.807) is 12.4 Å². The lowest BCUT2D eigenvalue weighted by Crippen LogP contribution is -1.93. The van der Waals surface area contributed by atoms with E-state index in [0.29, 0.717) is 17.7 Å². The summed E-state index contributed by atoms with van der Waals surface area (Å²) in [5, 5.41) is 7.99. The van der Waals surface area contributed by atoms with Crippen molar-refractivity contribution in [1.29, 1.82) is 0 Å². The van der Waals surface area contributed by atoms with Crippen molar-refractivity contribution in [3.8, 4) is 11.5 Å². The molecule has 0 amide bonds. The van der Waals surface area contributed by atoms with Crippen molar-refractivity contribution in [2.45, 2.75) is 20.3 Å². The van der Waals surface area contributed by atoms with Crippen LogP contribution in [-0.4, -0.2) is 15.2 Å². The molecule has 2 aromatic rings. The second kappa shape index (κ2) is 4.21. The lowest BCUT2D eigenvalue weighted by atomic mass is 10.1. The van der Waals surface area contributed by atoms with Gasteiger partial charge in [0, 0.05) is 24.4 Å². The molecule has 2 aromatic heterocycles. The van der Waals surface area contributed by atoms with Crippen LogP contribution in [0.25, 0.3) is 11.5 Å². The van der Waals surface area contributed by atoms with E-state index in [9.17, 15) is 0 Å². The van der Waals surface area contributed by atoms with Gasteiger partial charge < -0.3 is 4.42 Å². The Morgan fingerprint density at radius 2 is 1.93 bits per heavy atom. The van der Waals surface area contributed by atoms with Crippen LogP contribution in [-0.2, 0) is 6.42 Å². The fourth-order valence-corrected chi connectivity index (χ4v) is 1.30. The van der Waals surface area contributed by atoms with E-state index in [1.807, 2.05) is 12.1 Å². The average Bonchev–Trinajstić information content (AvgIpc) is 2.67. The summed E-state index contributed by atoms with van der Waals surface area (Å²) in [5.41, 5.74) is 0.910. The minimum Gasteiger partial charge on any atom is -0.421 e. The summed E-state index contributed by atoms with van der Waals surface area (Å²) in [6, 6.07) is 3.71. The summed E-state index contributed by atoms with van der Waals surface area (Å²) in [5.74, 6) is 1.78. The van der Waals surface area contributed by atoms with Gasteiger partial charge in [-0.3, -0.25) is 4.98 Å². The molecule has 0 N–H and O–H groups in total. The normalized spacial score (nSPS) is 10.9. The molecule has 4 heteroatoms. The highest BCUT2D eigenvalue weighted by Gasteiger charge is 2.08. The van der Waals surface area contributed by atoms with Crippen molar-refractivity contribution in [1.82, 2.24) is 15.2 Å². The first kappa shape index (κ1) is 9.83. The smallest absolute Gasteiger partial charge is 0.247 e. The Hall–Kier alpha value is -1.71. The minimum atomic E-state index is 0.524. The van der Waals surface area contributed by atoms with Gasteiger partial charge in [0.1, 0.15) is 0 Å². The predicted molar refractivity (Wildman–Crippen MR) is 56.1 cm³/mol. The molecule has 0 atom stereocenters. The third-order valence-electron chi connectivity index (χ3n) is 1.98. The average molecular weight is 203 g/mol. The topological polar surface area (TPSA) is 51.8 Å². The molecular weight excluding hydrogens is 190 g/mol. The van der Waals surface area contributed by atoms with E-state index >= 15 is 0 Å². The molecule has 0 aliphatic carbocycles. The molecule has 15 heavy (non-hydrogen) atoms. The summed E-state index contributed by atoms with van der Waals surface area (Å²) in [6.07, 6.45) is 4.24. The molecule has 0 bridgehead atoms. The summed E-state index contributed by atoms with van der Waals surface area (Å²) < 4.78 is 5.53. The fraction of sp³-hybridized carbons (Fsp3) is 0.364. The van der Waals surface area contributed by atoms with Gasteiger partial charge in [-0.1, -0.05) is 13.8 Å². The lowest BCUT2D eigenvalue weighted by molar-refractivity contribution is 0.466. The molecule has 0 unspecified atom stereocenters. The molecule has 2 rings (SSSR count). The molecule has 2 heterocycles. The van der Waals surface area contributed by atoms with Crippen LogP contribution < -0.4 is 0 Å². The van der Waals surface area contributed by atoms with Crippen LogP contribution in [0.2, 0.25) is 0 Å². The van der Waals surface area contributed by atoms with Gasteiger partial charge in [-0.25, -0.2) is 0 Å². The van der Waals surface area contributed by atoms with E-state index in [2.05, 4.69) is 29.0 Å². The van der Waals surface area contributed by atoms with Crippen LogP contribution in [0.15, 0.2) is 28.9 Å². The number of hydrogen-bond acceptors (Lipinski definition) is 4. The summed E-state index contributed by atoms with van der Waals surface area (Å²) in [6.45, 7) is 4.24. The highest BCUT2D eigenvalue weighted by molar-refractivity contribution is 5.50. The van der Waals surface area contributed by atoms with Crippen molar-refractivity contribution in [2.24, 2.45) is 5.92 Å². The first-order valence-corrected chi connectivity index (χ1v) is 4.98. The number of hydrogen-bond donors (Lipinski definition) is 0. The number of nitrogens with zero attached hydrogens (tertiary/aromatic N) is 3. The number of aromatic nitrogens is 3. The van der Waals surface area contributed by atoms with E-state index in [1.165, 1.54) is 0 Å². The molecule has 0 saturated carbocycles. The van der Waals surface area contributed by atoms with Gasteiger partial charge in [-0.2, -0.15) is 0 Å². The largest absolute Gasteiger partial charge is 0.421 e. The highest BCUT2D eigenvalue weighted by Crippen LogP contribution is 2.17. The SMILES string of the molecule is CC(C)Cc1nnc(-c2ccncc2)o1. The number of pyridine rings is 1. The van der Waals surface area contributed by atoms with Crippen molar-refractivity contribution in [2.75, 3.05) is 0 Å². The summed E-state index contributed by atoms with van der Waals surface area (Å²) >= 11 is 0. The first-order chi connectivity index (χ1) is 7.25. The summed E-state index contributed by atoms with van der Waals surface area (Å²) in [7, 11) is 0. The minimum absolute atomic E-state index is 0.524. The molecule has 4 nitrogen and oxygen atoms in total. The Morgan fingerprint density at radius 1 is 1.20 bits per heavy atom. The second-order valence-corrected chi connectivity index (χ2v) is 3.83. The monoisotopic (exact) mass is 203 g/mol. The van der Waals surface area contributed by atoms with Crippen molar-refractivity contribution in [3.63, 3.8) is 0 Å². The van der Waals surface area contributed by atoms with Crippen molar-refractivity contribution < 1.29 is 4.42 Å². The second-order valence-electron chi connectivity index (χ2n) is 3.83.